The van der Waals surface area contributed by atoms with Crippen LogP contribution in [-0.4, -0.2) is 21.7 Å². The van der Waals surface area contributed by atoms with Gasteiger partial charge in [-0.05, 0) is 31.4 Å². The van der Waals surface area contributed by atoms with Gasteiger partial charge in [0.05, 0.1) is 0 Å². The number of aromatic nitrogens is 2. The SMILES string of the molecule is Cc1cnc(Cl)nc1NC1(C(F)(F)F)CC1. The number of halogens is 4. The fraction of sp³-hybridized carbons (Fsp3) is 0.556. The van der Waals surface area contributed by atoms with Gasteiger partial charge in [-0.3, -0.25) is 0 Å². The quantitative estimate of drug-likeness (QED) is 0.822. The zero-order valence-corrected chi connectivity index (χ0v) is 9.15. The molecule has 2 rings (SSSR count). The highest BCUT2D eigenvalue weighted by Crippen LogP contribution is 2.51. The molecule has 1 heterocycles. The number of nitrogens with zero attached hydrogens (tertiary/aromatic N) is 2. The van der Waals surface area contributed by atoms with E-state index in [9.17, 15) is 13.2 Å². The van der Waals surface area contributed by atoms with Crippen LogP contribution >= 0.6 is 11.6 Å². The number of hydrogen-bond acceptors (Lipinski definition) is 3. The summed E-state index contributed by atoms with van der Waals surface area (Å²) in [7, 11) is 0. The average molecular weight is 252 g/mol. The molecule has 1 N–H and O–H groups in total. The summed E-state index contributed by atoms with van der Waals surface area (Å²) in [6.07, 6.45) is -2.74. The Bertz CT molecular complexity index is 415. The zero-order valence-electron chi connectivity index (χ0n) is 8.40. The molecule has 0 aliphatic heterocycles. The molecule has 0 bridgehead atoms. The summed E-state index contributed by atoms with van der Waals surface area (Å²) in [6.45, 7) is 1.63. The second-order valence-electron chi connectivity index (χ2n) is 3.88. The molecule has 1 aromatic heterocycles. The molecule has 1 fully saturated rings. The van der Waals surface area contributed by atoms with Crippen molar-refractivity contribution >= 4 is 17.4 Å². The first-order valence-electron chi connectivity index (χ1n) is 4.68. The van der Waals surface area contributed by atoms with Crippen molar-refractivity contribution in [2.75, 3.05) is 5.32 Å². The Morgan fingerprint density at radius 3 is 2.56 bits per heavy atom. The van der Waals surface area contributed by atoms with Gasteiger partial charge in [0, 0.05) is 11.8 Å². The number of alkyl halides is 3. The molecule has 0 amide bonds. The third kappa shape index (κ3) is 1.93. The van der Waals surface area contributed by atoms with Gasteiger partial charge < -0.3 is 5.32 Å². The smallest absolute Gasteiger partial charge is 0.356 e. The number of rotatable bonds is 2. The molecule has 1 aliphatic rings. The van der Waals surface area contributed by atoms with E-state index in [-0.39, 0.29) is 23.9 Å². The summed E-state index contributed by atoms with van der Waals surface area (Å²) in [5.41, 5.74) is -1.28. The van der Waals surface area contributed by atoms with Gasteiger partial charge in [-0.1, -0.05) is 0 Å². The molecular weight excluding hydrogens is 243 g/mol. The van der Waals surface area contributed by atoms with Crippen LogP contribution in [0.3, 0.4) is 0 Å². The predicted molar refractivity (Wildman–Crippen MR) is 53.4 cm³/mol. The summed E-state index contributed by atoms with van der Waals surface area (Å²) < 4.78 is 38.0. The Hall–Kier alpha value is -1.04. The second-order valence-corrected chi connectivity index (χ2v) is 4.21. The van der Waals surface area contributed by atoms with E-state index in [2.05, 4.69) is 15.3 Å². The van der Waals surface area contributed by atoms with Crippen LogP contribution in [0.25, 0.3) is 0 Å². The van der Waals surface area contributed by atoms with Crippen LogP contribution in [0.1, 0.15) is 18.4 Å². The summed E-state index contributed by atoms with van der Waals surface area (Å²) in [4.78, 5) is 7.44. The van der Waals surface area contributed by atoms with E-state index in [1.54, 1.807) is 6.92 Å². The van der Waals surface area contributed by atoms with Crippen LogP contribution < -0.4 is 5.32 Å². The number of anilines is 1. The monoisotopic (exact) mass is 251 g/mol. The summed E-state index contributed by atoms with van der Waals surface area (Å²) in [5.74, 6) is 0.148. The Kier molecular flexibility index (Phi) is 2.49. The van der Waals surface area contributed by atoms with Crippen molar-refractivity contribution in [3.05, 3.63) is 17.0 Å². The Balaban J connectivity index is 2.25. The van der Waals surface area contributed by atoms with Crippen LogP contribution in [0, 0.1) is 6.92 Å². The molecule has 0 radical (unpaired) electrons. The minimum atomic E-state index is -4.27. The van der Waals surface area contributed by atoms with Crippen LogP contribution in [0.5, 0.6) is 0 Å². The van der Waals surface area contributed by atoms with Gasteiger partial charge in [-0.15, -0.1) is 0 Å². The minimum Gasteiger partial charge on any atom is -0.356 e. The maximum atomic E-state index is 12.7. The fourth-order valence-electron chi connectivity index (χ4n) is 1.38. The van der Waals surface area contributed by atoms with Crippen molar-refractivity contribution in [1.82, 2.24) is 9.97 Å². The first kappa shape index (κ1) is 11.4. The Morgan fingerprint density at radius 2 is 2.06 bits per heavy atom. The van der Waals surface area contributed by atoms with E-state index in [1.165, 1.54) is 6.20 Å². The van der Waals surface area contributed by atoms with Gasteiger partial charge in [-0.25, -0.2) is 9.97 Å². The van der Waals surface area contributed by atoms with E-state index in [0.29, 0.717) is 5.56 Å². The lowest BCUT2D eigenvalue weighted by Gasteiger charge is -2.22. The topological polar surface area (TPSA) is 37.8 Å². The highest BCUT2D eigenvalue weighted by Gasteiger charge is 2.63. The molecule has 7 heteroatoms. The molecule has 1 aromatic rings. The molecule has 0 spiro atoms. The number of aryl methyl sites for hydroxylation is 1. The second kappa shape index (κ2) is 3.48. The number of nitrogens with one attached hydrogen (secondary N) is 1. The van der Waals surface area contributed by atoms with Gasteiger partial charge >= 0.3 is 6.18 Å². The van der Waals surface area contributed by atoms with Crippen molar-refractivity contribution in [2.45, 2.75) is 31.5 Å². The predicted octanol–water partition coefficient (Wildman–Crippen LogP) is 2.95. The molecule has 0 unspecified atom stereocenters. The van der Waals surface area contributed by atoms with E-state index >= 15 is 0 Å². The van der Waals surface area contributed by atoms with Crippen LogP contribution in [0.2, 0.25) is 5.28 Å². The lowest BCUT2D eigenvalue weighted by atomic mass is 10.2. The number of hydrogen-bond donors (Lipinski definition) is 1. The van der Waals surface area contributed by atoms with Gasteiger partial charge in [-0.2, -0.15) is 13.2 Å². The lowest BCUT2D eigenvalue weighted by Crippen LogP contribution is -2.39. The first-order valence-corrected chi connectivity index (χ1v) is 5.06. The van der Waals surface area contributed by atoms with Crippen LogP contribution in [-0.2, 0) is 0 Å². The molecule has 16 heavy (non-hydrogen) atoms. The minimum absolute atomic E-state index is 0.0638. The molecule has 1 aliphatic carbocycles. The van der Waals surface area contributed by atoms with Crippen molar-refractivity contribution < 1.29 is 13.2 Å². The maximum absolute atomic E-state index is 12.7. The third-order valence-electron chi connectivity index (χ3n) is 2.59. The molecule has 1 saturated carbocycles. The van der Waals surface area contributed by atoms with Crippen molar-refractivity contribution in [1.29, 1.82) is 0 Å². The zero-order chi connectivity index (χ0) is 12.0. The van der Waals surface area contributed by atoms with E-state index in [1.807, 2.05) is 0 Å². The van der Waals surface area contributed by atoms with Gasteiger partial charge in [0.15, 0.2) is 0 Å². The maximum Gasteiger partial charge on any atom is 0.411 e. The molecule has 0 atom stereocenters. The highest BCUT2D eigenvalue weighted by molar-refractivity contribution is 6.28. The van der Waals surface area contributed by atoms with Crippen molar-refractivity contribution in [3.8, 4) is 0 Å². The fourth-order valence-corrected chi connectivity index (χ4v) is 1.51. The van der Waals surface area contributed by atoms with Gasteiger partial charge in [0.2, 0.25) is 5.28 Å². The van der Waals surface area contributed by atoms with Crippen molar-refractivity contribution in [3.63, 3.8) is 0 Å². The standard InChI is InChI=1S/C9H9ClF3N3/c1-5-4-14-7(10)15-6(5)16-8(2-3-8)9(11,12)13/h4H,2-3H2,1H3,(H,14,15,16). The molecular formula is C9H9ClF3N3. The summed E-state index contributed by atoms with van der Waals surface area (Å²) in [5, 5.41) is 2.35. The average Bonchev–Trinajstić information content (AvgIpc) is 2.91. The molecule has 0 saturated heterocycles. The van der Waals surface area contributed by atoms with E-state index in [0.717, 1.165) is 0 Å². The summed E-state index contributed by atoms with van der Waals surface area (Å²) in [6, 6.07) is 0. The Morgan fingerprint density at radius 1 is 1.44 bits per heavy atom. The Labute approximate surface area is 95.0 Å². The van der Waals surface area contributed by atoms with Gasteiger partial charge in [0.25, 0.3) is 0 Å². The van der Waals surface area contributed by atoms with E-state index in [4.69, 9.17) is 11.6 Å². The van der Waals surface area contributed by atoms with Gasteiger partial charge in [0.1, 0.15) is 11.4 Å². The van der Waals surface area contributed by atoms with Crippen LogP contribution in [0.4, 0.5) is 19.0 Å². The first-order chi connectivity index (χ1) is 7.34. The highest BCUT2D eigenvalue weighted by atomic mass is 35.5. The largest absolute Gasteiger partial charge is 0.411 e. The molecule has 3 nitrogen and oxygen atoms in total. The van der Waals surface area contributed by atoms with Crippen molar-refractivity contribution in [2.24, 2.45) is 0 Å². The third-order valence-corrected chi connectivity index (χ3v) is 2.77. The summed E-state index contributed by atoms with van der Waals surface area (Å²) >= 11 is 5.54. The molecule has 88 valence electrons. The van der Waals surface area contributed by atoms with Crippen LogP contribution in [0.15, 0.2) is 6.20 Å². The normalized spacial score (nSPS) is 18.3. The lowest BCUT2D eigenvalue weighted by molar-refractivity contribution is -0.151. The van der Waals surface area contributed by atoms with E-state index < -0.39 is 11.7 Å². The molecule has 0 aromatic carbocycles.